The van der Waals surface area contributed by atoms with Gasteiger partial charge in [-0.05, 0) is 165 Å². The number of rotatable bonds is 16. The molecule has 26 aromatic rings. The number of pyridine rings is 2. The Kier molecular flexibility index (Phi) is 20.4. The van der Waals surface area contributed by atoms with Gasteiger partial charge in [0.1, 0.15) is 5.69 Å². The minimum absolute atomic E-state index is 0.501. The highest BCUT2D eigenvalue weighted by atomic mass is 32.1. The van der Waals surface area contributed by atoms with E-state index in [1.54, 1.807) is 0 Å². The van der Waals surface area contributed by atoms with Crippen LogP contribution in [-0.4, -0.2) is 49.0 Å². The Morgan fingerprint density at radius 2 is 0.551 bits per heavy atom. The summed E-state index contributed by atoms with van der Waals surface area (Å²) >= 11 is 3.68. The van der Waals surface area contributed by atoms with Crippen molar-refractivity contribution in [3.8, 4) is 169 Å². The third-order valence-corrected chi connectivity index (χ3v) is 28.1. The average Bonchev–Trinajstić information content (AvgIpc) is 1.55. The van der Waals surface area contributed by atoms with Crippen LogP contribution in [0, 0.1) is 0 Å². The molecular weight excluding hydrogens is 1690 g/mol. The Balaban J connectivity index is 0.000000145. The van der Waals surface area contributed by atoms with Crippen LogP contribution in [0.1, 0.15) is 0 Å². The quantitative estimate of drug-likeness (QED) is 0.0940. The molecule has 0 unspecified atom stereocenters. The highest BCUT2D eigenvalue weighted by molar-refractivity contribution is 7.27. The summed E-state index contributed by atoms with van der Waals surface area (Å²) < 4.78 is 9.74. The van der Waals surface area contributed by atoms with E-state index in [0.29, 0.717) is 40.6 Å². The van der Waals surface area contributed by atoms with Gasteiger partial charge in [0.2, 0.25) is 0 Å². The Morgan fingerprint density at radius 1 is 0.184 bits per heavy atom. The molecule has 0 aliphatic rings. The van der Waals surface area contributed by atoms with Crippen LogP contribution < -0.4 is 0 Å². The van der Waals surface area contributed by atoms with E-state index < -0.39 is 0 Å². The number of aromatic nitrogens is 10. The molecule has 18 aromatic carbocycles. The van der Waals surface area contributed by atoms with E-state index in [1.165, 1.54) is 78.6 Å². The molecule has 8 aromatic heterocycles. The number of nitrogens with zero attached hydrogens (tertiary/aromatic N) is 10. The summed E-state index contributed by atoms with van der Waals surface area (Å²) in [6.07, 6.45) is 2.02. The first-order valence-electron chi connectivity index (χ1n) is 45.6. The van der Waals surface area contributed by atoms with Gasteiger partial charge < -0.3 is 9.13 Å². The molecule has 0 bridgehead atoms. The van der Waals surface area contributed by atoms with Gasteiger partial charge in [-0.1, -0.05) is 358 Å². The highest BCUT2D eigenvalue weighted by Crippen LogP contribution is 2.50. The smallest absolute Gasteiger partial charge is 0.183 e. The van der Waals surface area contributed by atoms with Gasteiger partial charge >= 0.3 is 0 Å². The first-order valence-corrected chi connectivity index (χ1v) is 47.2. The van der Waals surface area contributed by atoms with E-state index in [1.807, 2.05) is 126 Å². The molecule has 8 heterocycles. The van der Waals surface area contributed by atoms with Crippen molar-refractivity contribution in [3.63, 3.8) is 0 Å². The van der Waals surface area contributed by atoms with Crippen LogP contribution in [0.2, 0.25) is 0 Å². The van der Waals surface area contributed by atoms with Crippen LogP contribution in [-0.2, 0) is 0 Å². The molecule has 0 amide bonds. The normalized spacial score (nSPS) is 11.5. The lowest BCUT2D eigenvalue weighted by Crippen LogP contribution is -2.03. The fourth-order valence-electron chi connectivity index (χ4n) is 19.3. The summed E-state index contributed by atoms with van der Waals surface area (Å²) in [6.45, 7) is 0. The topological polar surface area (TPSA) is 113 Å². The summed E-state index contributed by atoms with van der Waals surface area (Å²) in [7, 11) is 0. The van der Waals surface area contributed by atoms with Gasteiger partial charge in [0.25, 0.3) is 0 Å². The molecule has 0 saturated carbocycles. The lowest BCUT2D eigenvalue weighted by molar-refractivity contribution is 1.06. The molecule has 0 fully saturated rings. The Morgan fingerprint density at radius 3 is 1.01 bits per heavy atom. The maximum Gasteiger partial charge on any atom is 0.183 e. The van der Waals surface area contributed by atoms with Crippen LogP contribution in [0.4, 0.5) is 0 Å². The minimum Gasteiger partial charge on any atom is -0.308 e. The van der Waals surface area contributed by atoms with Crippen molar-refractivity contribution in [1.82, 2.24) is 49.0 Å². The van der Waals surface area contributed by atoms with Crippen molar-refractivity contribution in [2.75, 3.05) is 0 Å². The van der Waals surface area contributed by atoms with Crippen molar-refractivity contribution in [3.05, 3.63) is 473 Å². The zero-order valence-electron chi connectivity index (χ0n) is 73.3. The second kappa shape index (κ2) is 34.6. The molecule has 136 heavy (non-hydrogen) atoms. The standard InChI is InChI=1S/2C62H39N5S/c1-6-19-40(20-7-1)44-35-45(41-21-8-2-9-22-41)37-46(36-44)47-38-53(62-65-60(42-23-10-3-11-24-42)64-61(66-62)43-25-12-4-13-26-43)57(63-39-47)51-30-18-32-55-56(51)52-34-33-50-49-29-16-17-31-54(49)67(58(50)59(52)68-55)48-27-14-5-15-28-48;1-6-18-40(19-7-1)45-36-46(41-20-8-2-9-21-41)38-47(37-45)54-34-33-49(57(63-54)62-65-60(42-22-10-3-11-23-42)64-61(66-62)43-24-12-4-13-25-43)44-30-35-56-53(39-44)52-32-31-51-50-28-16-17-29-55(50)67(58(51)59(52)68-56)48-26-14-5-15-27-48/h2*1-39H. The number of thiophene rings is 2. The first kappa shape index (κ1) is 80.4. The largest absolute Gasteiger partial charge is 0.308 e. The third-order valence-electron chi connectivity index (χ3n) is 25.7. The van der Waals surface area contributed by atoms with E-state index in [0.717, 1.165) is 134 Å². The average molecular weight is 1770 g/mol. The summed E-state index contributed by atoms with van der Waals surface area (Å²) in [5.74, 6) is 3.41. The third kappa shape index (κ3) is 14.8. The van der Waals surface area contributed by atoms with Gasteiger partial charge in [0.15, 0.2) is 34.9 Å². The Hall–Kier alpha value is -17.7. The van der Waals surface area contributed by atoms with Crippen LogP contribution in [0.5, 0.6) is 0 Å². The van der Waals surface area contributed by atoms with Crippen LogP contribution in [0.25, 0.3) is 253 Å². The second-order valence-electron chi connectivity index (χ2n) is 34.0. The van der Waals surface area contributed by atoms with E-state index >= 15 is 0 Å². The van der Waals surface area contributed by atoms with Crippen molar-refractivity contribution < 1.29 is 0 Å². The number of para-hydroxylation sites is 4. The van der Waals surface area contributed by atoms with Gasteiger partial charge in [-0.15, -0.1) is 22.7 Å². The Labute approximate surface area is 792 Å². The number of benzene rings is 18. The van der Waals surface area contributed by atoms with E-state index in [4.69, 9.17) is 39.9 Å². The fourth-order valence-corrected chi connectivity index (χ4v) is 21.8. The second-order valence-corrected chi connectivity index (χ2v) is 36.1. The monoisotopic (exact) mass is 1770 g/mol. The van der Waals surface area contributed by atoms with Crippen LogP contribution in [0.3, 0.4) is 0 Å². The predicted octanol–water partition coefficient (Wildman–Crippen LogP) is 32.8. The SMILES string of the molecule is c1ccc(-c2cc(-c3ccccc3)cc(-c3ccc(-c4ccc5sc6c(ccc7c8ccccc8n(-c8ccccc8)c76)c5c4)c(-c4nc(-c5ccccc5)nc(-c5ccccc5)n4)n3)c2)cc1.c1ccc(-c2cc(-c3ccccc3)cc(-c3cnc(-c4cccc5sc6c(ccc7c8ccccc8n(-c8ccccc8)c76)c45)c(-c4nc(-c5ccccc5)nc(-c5ccccc5)n4)c3)c2)cc1. The molecule has 0 aliphatic heterocycles. The number of hydrogen-bond donors (Lipinski definition) is 0. The molecule has 0 radical (unpaired) electrons. The highest BCUT2D eigenvalue weighted by Gasteiger charge is 2.28. The summed E-state index contributed by atoms with van der Waals surface area (Å²) in [4.78, 5) is 42.5. The molecule has 0 N–H and O–H groups in total. The van der Waals surface area contributed by atoms with Gasteiger partial charge in [0, 0.05) is 120 Å². The molecule has 0 saturated heterocycles. The van der Waals surface area contributed by atoms with Gasteiger partial charge in [-0.2, -0.15) is 0 Å². The van der Waals surface area contributed by atoms with Crippen molar-refractivity contribution in [1.29, 1.82) is 0 Å². The zero-order chi connectivity index (χ0) is 89.9. The summed E-state index contributed by atoms with van der Waals surface area (Å²) in [5.41, 5.74) is 28.8. The van der Waals surface area contributed by atoms with Gasteiger partial charge in [0.05, 0.1) is 42.9 Å². The molecule has 26 rings (SSSR count). The maximum absolute atomic E-state index is 5.62. The van der Waals surface area contributed by atoms with Crippen LogP contribution in [0.15, 0.2) is 473 Å². The molecule has 636 valence electrons. The van der Waals surface area contributed by atoms with Gasteiger partial charge in [-0.25, -0.2) is 34.9 Å². The van der Waals surface area contributed by atoms with Gasteiger partial charge in [-0.3, -0.25) is 4.98 Å². The first-order chi connectivity index (χ1) is 67.4. The van der Waals surface area contributed by atoms with Crippen LogP contribution >= 0.6 is 22.7 Å². The molecular formula is C124H78N10S2. The lowest BCUT2D eigenvalue weighted by atomic mass is 9.92. The maximum atomic E-state index is 5.62. The predicted molar refractivity (Wildman–Crippen MR) is 566 cm³/mol. The zero-order valence-corrected chi connectivity index (χ0v) is 75.0. The summed E-state index contributed by atoms with van der Waals surface area (Å²) in [6, 6.07) is 164. The minimum atomic E-state index is 0.501. The molecule has 12 heteroatoms. The number of fused-ring (bicyclic) bond motifs is 14. The fraction of sp³-hybridized carbons (Fsp3) is 0. The van der Waals surface area contributed by atoms with E-state index in [-0.39, 0.29) is 0 Å². The lowest BCUT2D eigenvalue weighted by Gasteiger charge is -2.15. The molecule has 10 nitrogen and oxygen atoms in total. The van der Waals surface area contributed by atoms with Crippen molar-refractivity contribution >= 4 is 107 Å². The molecule has 0 spiro atoms. The molecule has 0 atom stereocenters. The van der Waals surface area contributed by atoms with E-state index in [2.05, 4.69) is 379 Å². The molecule has 0 aliphatic carbocycles. The summed E-state index contributed by atoms with van der Waals surface area (Å²) in [5, 5.41) is 9.69. The van der Waals surface area contributed by atoms with Crippen molar-refractivity contribution in [2.45, 2.75) is 0 Å². The number of hydrogen-bond acceptors (Lipinski definition) is 10. The Bertz CT molecular complexity index is 8820. The van der Waals surface area contributed by atoms with Crippen molar-refractivity contribution in [2.24, 2.45) is 0 Å². The van der Waals surface area contributed by atoms with E-state index in [9.17, 15) is 0 Å².